The lowest BCUT2D eigenvalue weighted by Crippen LogP contribution is -2.37. The Bertz CT molecular complexity index is 146. The fourth-order valence-electron chi connectivity index (χ4n) is 2.91. The molecule has 3 aliphatic rings. The third-order valence-corrected chi connectivity index (χ3v) is 3.70. The molecule has 0 spiro atoms. The fourth-order valence-corrected chi connectivity index (χ4v) is 2.91. The summed E-state index contributed by atoms with van der Waals surface area (Å²) in [5.74, 6) is 2.28. The predicted octanol–water partition coefficient (Wildman–Crippen LogP) is 1.49. The van der Waals surface area contributed by atoms with Crippen LogP contribution in [0.1, 0.15) is 25.7 Å². The van der Waals surface area contributed by atoms with Gasteiger partial charge in [0.05, 0.1) is 0 Å². The highest BCUT2D eigenvalue weighted by molar-refractivity contribution is 5.08. The molecule has 0 aromatic carbocycles. The van der Waals surface area contributed by atoms with E-state index >= 15 is 0 Å². The van der Waals surface area contributed by atoms with Crippen molar-refractivity contribution in [2.24, 2.45) is 11.8 Å². The van der Waals surface area contributed by atoms with Crippen LogP contribution in [0.25, 0.3) is 0 Å². The van der Waals surface area contributed by atoms with Gasteiger partial charge in [-0.2, -0.15) is 0 Å². The third kappa shape index (κ3) is 0.619. The molecule has 1 nitrogen and oxygen atoms in total. The largest absolute Gasteiger partial charge is 0.297 e. The summed E-state index contributed by atoms with van der Waals surface area (Å²) in [6.45, 7) is 2.90. The van der Waals surface area contributed by atoms with Crippen molar-refractivity contribution in [1.82, 2.24) is 4.90 Å². The Morgan fingerprint density at radius 2 is 1.80 bits per heavy atom. The second-order valence-electron chi connectivity index (χ2n) is 4.23. The van der Waals surface area contributed by atoms with Crippen LogP contribution in [0.5, 0.6) is 0 Å². The zero-order valence-electron chi connectivity index (χ0n) is 6.42. The van der Waals surface area contributed by atoms with Crippen LogP contribution >= 0.6 is 0 Å². The van der Waals surface area contributed by atoms with Gasteiger partial charge in [-0.15, -0.1) is 0 Å². The van der Waals surface area contributed by atoms with Crippen molar-refractivity contribution in [2.45, 2.75) is 31.7 Å². The first-order valence-corrected chi connectivity index (χ1v) is 4.69. The molecule has 1 heteroatoms. The van der Waals surface area contributed by atoms with E-state index < -0.39 is 0 Å². The standard InChI is InChI=1S/C9H15N/c1-2-4-7(3-1)8-5-10-6-9(8)10/h7-9H,1-6H2. The van der Waals surface area contributed by atoms with Crippen LogP contribution in [0.3, 0.4) is 0 Å². The lowest BCUT2D eigenvalue weighted by Gasteiger charge is -2.31. The Labute approximate surface area is 62.4 Å². The summed E-state index contributed by atoms with van der Waals surface area (Å²) >= 11 is 0. The monoisotopic (exact) mass is 137 g/mol. The van der Waals surface area contributed by atoms with Crippen LogP contribution in [-0.2, 0) is 0 Å². The average Bonchev–Trinajstić information content (AvgIpc) is 2.42. The average molecular weight is 137 g/mol. The minimum Gasteiger partial charge on any atom is -0.297 e. The van der Waals surface area contributed by atoms with Crippen molar-refractivity contribution >= 4 is 0 Å². The van der Waals surface area contributed by atoms with Gasteiger partial charge in [0.25, 0.3) is 0 Å². The van der Waals surface area contributed by atoms with Crippen molar-refractivity contribution in [2.75, 3.05) is 13.1 Å². The SMILES string of the molecule is C1CCC(C2CN3CC23)C1. The van der Waals surface area contributed by atoms with E-state index in [4.69, 9.17) is 0 Å². The smallest absolute Gasteiger partial charge is 0.0267 e. The molecule has 3 unspecified atom stereocenters. The Hall–Kier alpha value is -0.0400. The van der Waals surface area contributed by atoms with Gasteiger partial charge < -0.3 is 0 Å². The summed E-state index contributed by atoms with van der Waals surface area (Å²) in [4.78, 5) is 2.60. The minimum atomic E-state index is 1.07. The number of hydrogen-bond acceptors (Lipinski definition) is 1. The van der Waals surface area contributed by atoms with Crippen LogP contribution in [0.15, 0.2) is 0 Å². The number of fused-ring (bicyclic) bond motifs is 1. The summed E-state index contributed by atoms with van der Waals surface area (Å²) in [5, 5.41) is 0. The Kier molecular flexibility index (Phi) is 0.984. The van der Waals surface area contributed by atoms with E-state index in [0.717, 1.165) is 17.9 Å². The summed E-state index contributed by atoms with van der Waals surface area (Å²) in [5.41, 5.74) is 0. The normalized spacial score (nSPS) is 52.2. The van der Waals surface area contributed by atoms with Crippen molar-refractivity contribution in [3.8, 4) is 0 Å². The maximum absolute atomic E-state index is 2.60. The van der Waals surface area contributed by atoms with Gasteiger partial charge in [0.2, 0.25) is 0 Å². The molecule has 2 aliphatic heterocycles. The highest BCUT2D eigenvalue weighted by Gasteiger charge is 2.53. The van der Waals surface area contributed by atoms with Crippen molar-refractivity contribution in [1.29, 1.82) is 0 Å². The molecule has 3 atom stereocenters. The van der Waals surface area contributed by atoms with Crippen molar-refractivity contribution in [3.63, 3.8) is 0 Å². The summed E-state index contributed by atoms with van der Waals surface area (Å²) in [6.07, 6.45) is 6.14. The van der Waals surface area contributed by atoms with Gasteiger partial charge in [-0.05, 0) is 11.8 Å². The van der Waals surface area contributed by atoms with E-state index in [9.17, 15) is 0 Å². The lowest BCUT2D eigenvalue weighted by molar-refractivity contribution is 0.175. The van der Waals surface area contributed by atoms with Gasteiger partial charge in [0.1, 0.15) is 0 Å². The van der Waals surface area contributed by atoms with E-state index in [2.05, 4.69) is 4.90 Å². The maximum atomic E-state index is 2.60. The molecular weight excluding hydrogens is 122 g/mol. The van der Waals surface area contributed by atoms with Crippen LogP contribution in [0, 0.1) is 11.8 Å². The van der Waals surface area contributed by atoms with Crippen molar-refractivity contribution < 1.29 is 0 Å². The molecule has 0 amide bonds. The van der Waals surface area contributed by atoms with Crippen LogP contribution in [0.4, 0.5) is 0 Å². The van der Waals surface area contributed by atoms with Crippen LogP contribution in [0.2, 0.25) is 0 Å². The second-order valence-corrected chi connectivity index (χ2v) is 4.23. The second kappa shape index (κ2) is 1.76. The molecule has 0 aromatic heterocycles. The zero-order valence-corrected chi connectivity index (χ0v) is 6.42. The summed E-state index contributed by atoms with van der Waals surface area (Å²) in [6, 6.07) is 1.07. The van der Waals surface area contributed by atoms with E-state index in [-0.39, 0.29) is 0 Å². The molecular formula is C9H15N. The van der Waals surface area contributed by atoms with Crippen LogP contribution < -0.4 is 0 Å². The molecule has 3 rings (SSSR count). The Balaban J connectivity index is 1.65. The van der Waals surface area contributed by atoms with Gasteiger partial charge in [0, 0.05) is 19.1 Å². The molecule has 1 saturated carbocycles. The fraction of sp³-hybridized carbons (Fsp3) is 1.00. The first kappa shape index (κ1) is 5.59. The van der Waals surface area contributed by atoms with Gasteiger partial charge in [-0.25, -0.2) is 0 Å². The molecule has 0 aromatic rings. The molecule has 0 bridgehead atoms. The maximum Gasteiger partial charge on any atom is 0.0267 e. The lowest BCUT2D eigenvalue weighted by atomic mass is 9.85. The molecule has 2 saturated heterocycles. The van der Waals surface area contributed by atoms with E-state index in [1.807, 2.05) is 0 Å². The van der Waals surface area contributed by atoms with Crippen molar-refractivity contribution in [3.05, 3.63) is 0 Å². The number of hydrogen-bond donors (Lipinski definition) is 0. The first-order valence-electron chi connectivity index (χ1n) is 4.69. The molecule has 2 heterocycles. The zero-order chi connectivity index (χ0) is 6.55. The van der Waals surface area contributed by atoms with E-state index in [0.29, 0.717) is 0 Å². The van der Waals surface area contributed by atoms with E-state index in [1.54, 1.807) is 12.8 Å². The highest BCUT2D eigenvalue weighted by atomic mass is 15.4. The van der Waals surface area contributed by atoms with Crippen LogP contribution in [-0.4, -0.2) is 24.0 Å². The van der Waals surface area contributed by atoms with Gasteiger partial charge in [0.15, 0.2) is 0 Å². The highest BCUT2D eigenvalue weighted by Crippen LogP contribution is 2.47. The molecule has 56 valence electrons. The predicted molar refractivity (Wildman–Crippen MR) is 40.8 cm³/mol. The van der Waals surface area contributed by atoms with Gasteiger partial charge in [-0.3, -0.25) is 4.90 Å². The summed E-state index contributed by atoms with van der Waals surface area (Å²) < 4.78 is 0. The third-order valence-electron chi connectivity index (χ3n) is 3.70. The Morgan fingerprint density at radius 1 is 1.00 bits per heavy atom. The number of rotatable bonds is 1. The molecule has 10 heavy (non-hydrogen) atoms. The van der Waals surface area contributed by atoms with E-state index in [1.165, 1.54) is 25.9 Å². The number of nitrogens with zero attached hydrogens (tertiary/aromatic N) is 1. The molecule has 0 N–H and O–H groups in total. The molecule has 3 fully saturated rings. The quantitative estimate of drug-likeness (QED) is 0.495. The Morgan fingerprint density at radius 3 is 2.30 bits per heavy atom. The topological polar surface area (TPSA) is 3.01 Å². The molecule has 1 aliphatic carbocycles. The summed E-state index contributed by atoms with van der Waals surface area (Å²) in [7, 11) is 0. The van der Waals surface area contributed by atoms with Gasteiger partial charge in [-0.1, -0.05) is 25.7 Å². The first-order chi connectivity index (χ1) is 4.95. The minimum absolute atomic E-state index is 1.07. The molecule has 0 radical (unpaired) electrons. The van der Waals surface area contributed by atoms with Gasteiger partial charge >= 0.3 is 0 Å².